The van der Waals surface area contributed by atoms with Gasteiger partial charge in [0, 0.05) is 11.5 Å². The maximum atomic E-state index is 5.88. The summed E-state index contributed by atoms with van der Waals surface area (Å²) < 4.78 is 10.2. The van der Waals surface area contributed by atoms with Gasteiger partial charge in [-0.2, -0.15) is 4.98 Å². The molecule has 0 saturated heterocycles. The summed E-state index contributed by atoms with van der Waals surface area (Å²) in [7, 11) is 1.60. The van der Waals surface area contributed by atoms with Gasteiger partial charge in [-0.15, -0.1) is 0 Å². The number of ether oxygens (including phenoxy) is 1. The lowest BCUT2D eigenvalue weighted by molar-refractivity contribution is 0.0479. The average molecular weight is 304 g/mol. The number of aromatic nitrogens is 2. The summed E-state index contributed by atoms with van der Waals surface area (Å²) >= 11 is 0. The van der Waals surface area contributed by atoms with E-state index >= 15 is 0 Å². The normalized spacial score (nSPS) is 13.2. The van der Waals surface area contributed by atoms with Gasteiger partial charge in [0.25, 0.3) is 5.89 Å². The van der Waals surface area contributed by atoms with Gasteiger partial charge in [0.1, 0.15) is 5.75 Å². The number of nitrogens with two attached hydrogens (primary N) is 1. The van der Waals surface area contributed by atoms with Crippen molar-refractivity contribution in [3.63, 3.8) is 0 Å². The number of rotatable bonds is 6. The van der Waals surface area contributed by atoms with Crippen LogP contribution in [0.4, 0.5) is 0 Å². The molecule has 2 aromatic rings. The number of amidine groups is 1. The second kappa shape index (κ2) is 6.93. The number of methoxy groups -OCH3 is 1. The Balaban J connectivity index is 2.02. The lowest BCUT2D eigenvalue weighted by atomic mass is 10.2. The van der Waals surface area contributed by atoms with Gasteiger partial charge in [-0.05, 0) is 31.2 Å². The van der Waals surface area contributed by atoms with Crippen LogP contribution in [0.1, 0.15) is 50.1 Å². The van der Waals surface area contributed by atoms with Crippen molar-refractivity contribution in [2.75, 3.05) is 7.11 Å². The van der Waals surface area contributed by atoms with Crippen LogP contribution in [0, 0.1) is 0 Å². The minimum Gasteiger partial charge on any atom is -0.497 e. The van der Waals surface area contributed by atoms with Gasteiger partial charge in [-0.3, -0.25) is 0 Å². The fourth-order valence-electron chi connectivity index (χ4n) is 1.64. The maximum absolute atomic E-state index is 5.88. The molecule has 7 nitrogen and oxygen atoms in total. The second-order valence-electron chi connectivity index (χ2n) is 5.10. The molecule has 0 spiro atoms. The standard InChI is InChI=1S/C15H20N4O3/c1-9(2)14-17-15(22-19-14)10(3)21-18-13(16)11-5-7-12(20-4)8-6-11/h5-10H,1-4H3,(H2,16,18). The van der Waals surface area contributed by atoms with Crippen molar-refractivity contribution < 1.29 is 14.1 Å². The molecule has 2 rings (SSSR count). The number of hydrogen-bond donors (Lipinski definition) is 1. The Morgan fingerprint density at radius 2 is 1.91 bits per heavy atom. The summed E-state index contributed by atoms with van der Waals surface area (Å²) in [4.78, 5) is 9.58. The summed E-state index contributed by atoms with van der Waals surface area (Å²) in [5, 5.41) is 7.79. The summed E-state index contributed by atoms with van der Waals surface area (Å²) in [6, 6.07) is 7.20. The molecule has 2 N–H and O–H groups in total. The molecule has 1 atom stereocenters. The van der Waals surface area contributed by atoms with Crippen molar-refractivity contribution in [3.8, 4) is 5.75 Å². The molecule has 0 amide bonds. The highest BCUT2D eigenvalue weighted by Crippen LogP contribution is 2.18. The number of oxime groups is 1. The topological polar surface area (TPSA) is 95.8 Å². The van der Waals surface area contributed by atoms with Crippen molar-refractivity contribution in [1.29, 1.82) is 0 Å². The highest BCUT2D eigenvalue weighted by molar-refractivity contribution is 5.97. The van der Waals surface area contributed by atoms with Gasteiger partial charge < -0.3 is 19.8 Å². The molecule has 22 heavy (non-hydrogen) atoms. The molecular formula is C15H20N4O3. The number of hydrogen-bond acceptors (Lipinski definition) is 6. The third-order valence-electron chi connectivity index (χ3n) is 3.02. The largest absolute Gasteiger partial charge is 0.497 e. The van der Waals surface area contributed by atoms with E-state index in [4.69, 9.17) is 19.8 Å². The van der Waals surface area contributed by atoms with Crippen LogP contribution in [0.5, 0.6) is 5.75 Å². The van der Waals surface area contributed by atoms with Crippen molar-refractivity contribution >= 4 is 5.84 Å². The molecule has 1 aromatic heterocycles. The van der Waals surface area contributed by atoms with E-state index in [1.54, 1.807) is 38.3 Å². The van der Waals surface area contributed by atoms with Crippen LogP contribution < -0.4 is 10.5 Å². The first-order valence-corrected chi connectivity index (χ1v) is 6.98. The summed E-state index contributed by atoms with van der Waals surface area (Å²) in [5.41, 5.74) is 6.62. The summed E-state index contributed by atoms with van der Waals surface area (Å²) in [6.07, 6.45) is -0.475. The molecule has 0 bridgehead atoms. The van der Waals surface area contributed by atoms with Gasteiger partial charge in [-0.1, -0.05) is 24.2 Å². The zero-order valence-corrected chi connectivity index (χ0v) is 13.1. The SMILES string of the molecule is COc1ccc(C(N)=NOC(C)c2nc(C(C)C)no2)cc1. The van der Waals surface area contributed by atoms with E-state index in [1.165, 1.54) is 0 Å². The Kier molecular flexibility index (Phi) is 4.98. The Morgan fingerprint density at radius 1 is 1.23 bits per heavy atom. The van der Waals surface area contributed by atoms with Crippen LogP contribution in [0.2, 0.25) is 0 Å². The van der Waals surface area contributed by atoms with E-state index < -0.39 is 6.10 Å². The smallest absolute Gasteiger partial charge is 0.270 e. The zero-order valence-electron chi connectivity index (χ0n) is 13.1. The Bertz CT molecular complexity index is 634. The molecule has 118 valence electrons. The molecule has 1 aromatic carbocycles. The third-order valence-corrected chi connectivity index (χ3v) is 3.02. The van der Waals surface area contributed by atoms with E-state index in [9.17, 15) is 0 Å². The average Bonchev–Trinajstić information content (AvgIpc) is 3.02. The molecule has 0 aliphatic heterocycles. The van der Waals surface area contributed by atoms with Crippen molar-refractivity contribution in [3.05, 3.63) is 41.5 Å². The van der Waals surface area contributed by atoms with Crippen molar-refractivity contribution in [1.82, 2.24) is 10.1 Å². The fraction of sp³-hybridized carbons (Fsp3) is 0.400. The summed E-state index contributed by atoms with van der Waals surface area (Å²) in [6.45, 7) is 5.74. The lowest BCUT2D eigenvalue weighted by Gasteiger charge is -2.06. The van der Waals surface area contributed by atoms with E-state index in [0.717, 1.165) is 11.3 Å². The number of nitrogens with zero attached hydrogens (tertiary/aromatic N) is 3. The predicted octanol–water partition coefficient (Wildman–Crippen LogP) is 2.60. The van der Waals surface area contributed by atoms with Gasteiger partial charge in [0.15, 0.2) is 11.7 Å². The summed E-state index contributed by atoms with van der Waals surface area (Å²) in [5.74, 6) is 2.21. The van der Waals surface area contributed by atoms with E-state index in [-0.39, 0.29) is 11.8 Å². The first kappa shape index (κ1) is 15.8. The van der Waals surface area contributed by atoms with Gasteiger partial charge >= 0.3 is 0 Å². The Labute approximate surface area is 129 Å². The maximum Gasteiger partial charge on any atom is 0.270 e. The van der Waals surface area contributed by atoms with Crippen LogP contribution in [-0.4, -0.2) is 23.1 Å². The number of benzene rings is 1. The highest BCUT2D eigenvalue weighted by Gasteiger charge is 2.17. The van der Waals surface area contributed by atoms with E-state index in [1.807, 2.05) is 13.8 Å². The van der Waals surface area contributed by atoms with Crippen molar-refractivity contribution in [2.24, 2.45) is 10.9 Å². The molecule has 1 unspecified atom stereocenters. The highest BCUT2D eigenvalue weighted by atomic mass is 16.6. The predicted molar refractivity (Wildman–Crippen MR) is 81.6 cm³/mol. The molecule has 0 aliphatic rings. The molecule has 7 heteroatoms. The second-order valence-corrected chi connectivity index (χ2v) is 5.10. The monoisotopic (exact) mass is 304 g/mol. The first-order valence-electron chi connectivity index (χ1n) is 6.98. The van der Waals surface area contributed by atoms with Crippen LogP contribution in [-0.2, 0) is 4.84 Å². The van der Waals surface area contributed by atoms with Gasteiger partial charge in [0.2, 0.25) is 6.10 Å². The van der Waals surface area contributed by atoms with E-state index in [0.29, 0.717) is 11.7 Å². The molecule has 1 heterocycles. The van der Waals surface area contributed by atoms with Gasteiger partial charge in [-0.25, -0.2) is 0 Å². The van der Waals surface area contributed by atoms with E-state index in [2.05, 4.69) is 15.3 Å². The third kappa shape index (κ3) is 3.75. The lowest BCUT2D eigenvalue weighted by Crippen LogP contribution is -2.14. The molecule has 0 fully saturated rings. The van der Waals surface area contributed by atoms with Crippen LogP contribution >= 0.6 is 0 Å². The zero-order chi connectivity index (χ0) is 16.1. The van der Waals surface area contributed by atoms with Crippen LogP contribution in [0.25, 0.3) is 0 Å². The minimum absolute atomic E-state index is 0.192. The Hall–Kier alpha value is -2.57. The minimum atomic E-state index is -0.475. The Morgan fingerprint density at radius 3 is 2.45 bits per heavy atom. The van der Waals surface area contributed by atoms with Crippen molar-refractivity contribution in [2.45, 2.75) is 32.8 Å². The van der Waals surface area contributed by atoms with Gasteiger partial charge in [0.05, 0.1) is 7.11 Å². The van der Waals surface area contributed by atoms with Crippen LogP contribution in [0.15, 0.2) is 33.9 Å². The molecule has 0 aliphatic carbocycles. The van der Waals surface area contributed by atoms with Crippen LogP contribution in [0.3, 0.4) is 0 Å². The fourth-order valence-corrected chi connectivity index (χ4v) is 1.64. The molecule has 0 radical (unpaired) electrons. The first-order chi connectivity index (χ1) is 10.5. The quantitative estimate of drug-likeness (QED) is 0.500. The molecular weight excluding hydrogens is 284 g/mol. The molecule has 0 saturated carbocycles.